The number of nitrogens with zero attached hydrogens (tertiary/aromatic N) is 1. The predicted octanol–water partition coefficient (Wildman–Crippen LogP) is 3.21. The summed E-state index contributed by atoms with van der Waals surface area (Å²) in [5.41, 5.74) is 2.51. The summed E-state index contributed by atoms with van der Waals surface area (Å²) in [5.74, 6) is 0. The van der Waals surface area contributed by atoms with E-state index in [0.717, 1.165) is 32.4 Å². The molecule has 0 bridgehead atoms. The van der Waals surface area contributed by atoms with Crippen molar-refractivity contribution in [2.24, 2.45) is 0 Å². The zero-order chi connectivity index (χ0) is 16.3. The van der Waals surface area contributed by atoms with Gasteiger partial charge in [-0.25, -0.2) is 0 Å². The van der Waals surface area contributed by atoms with Crippen molar-refractivity contribution in [1.29, 1.82) is 0 Å². The molecule has 0 heterocycles. The summed E-state index contributed by atoms with van der Waals surface area (Å²) in [4.78, 5) is 2.34. The highest BCUT2D eigenvalue weighted by molar-refractivity contribution is 5.17. The molecule has 0 aromatic heterocycles. The highest BCUT2D eigenvalue weighted by atomic mass is 16.3. The first-order chi connectivity index (χ1) is 11.3. The summed E-state index contributed by atoms with van der Waals surface area (Å²) in [7, 11) is 0. The maximum absolute atomic E-state index is 9.85. The zero-order valence-electron chi connectivity index (χ0n) is 13.6. The number of aliphatic hydroxyl groups is 2. The number of hydrogen-bond acceptors (Lipinski definition) is 3. The summed E-state index contributed by atoms with van der Waals surface area (Å²) >= 11 is 0. The van der Waals surface area contributed by atoms with Crippen LogP contribution in [0.25, 0.3) is 0 Å². The van der Waals surface area contributed by atoms with Crippen LogP contribution in [0.5, 0.6) is 0 Å². The number of unbranched alkanes of at least 4 members (excludes halogenated alkanes) is 1. The molecule has 0 aliphatic heterocycles. The van der Waals surface area contributed by atoms with Gasteiger partial charge in [0.15, 0.2) is 0 Å². The third-order valence-corrected chi connectivity index (χ3v) is 4.13. The molecule has 0 saturated heterocycles. The topological polar surface area (TPSA) is 43.7 Å². The highest BCUT2D eigenvalue weighted by Gasteiger charge is 2.18. The van der Waals surface area contributed by atoms with Gasteiger partial charge in [-0.05, 0) is 30.4 Å². The van der Waals surface area contributed by atoms with E-state index in [4.69, 9.17) is 5.11 Å². The molecular weight excluding hydrogens is 286 g/mol. The van der Waals surface area contributed by atoms with E-state index in [-0.39, 0.29) is 19.3 Å². The summed E-state index contributed by atoms with van der Waals surface area (Å²) < 4.78 is 0. The Morgan fingerprint density at radius 1 is 0.739 bits per heavy atom. The lowest BCUT2D eigenvalue weighted by molar-refractivity contribution is 0.0997. The van der Waals surface area contributed by atoms with E-state index in [9.17, 15) is 5.11 Å². The van der Waals surface area contributed by atoms with Crippen LogP contribution in [-0.4, -0.2) is 34.4 Å². The fourth-order valence-electron chi connectivity index (χ4n) is 2.83. The van der Waals surface area contributed by atoms with Crippen LogP contribution >= 0.6 is 0 Å². The second kappa shape index (κ2) is 10.2. The largest absolute Gasteiger partial charge is 0.396 e. The van der Waals surface area contributed by atoms with Crippen molar-refractivity contribution in [3.8, 4) is 0 Å². The normalized spacial score (nSPS) is 12.5. The lowest BCUT2D eigenvalue weighted by Gasteiger charge is -2.31. The molecule has 0 radical (unpaired) electrons. The van der Waals surface area contributed by atoms with E-state index in [1.807, 2.05) is 12.1 Å². The van der Waals surface area contributed by atoms with Gasteiger partial charge in [-0.15, -0.1) is 0 Å². The molecule has 0 unspecified atom stereocenters. The lowest BCUT2D eigenvalue weighted by Crippen LogP contribution is -2.37. The molecule has 23 heavy (non-hydrogen) atoms. The van der Waals surface area contributed by atoms with Gasteiger partial charge < -0.3 is 10.2 Å². The smallest absolute Gasteiger partial charge is 0.0587 e. The lowest BCUT2D eigenvalue weighted by atomic mass is 10.1. The Bertz CT molecular complexity index is 488. The quantitative estimate of drug-likeness (QED) is 0.662. The first-order valence-electron chi connectivity index (χ1n) is 8.37. The Morgan fingerprint density at radius 3 is 1.70 bits per heavy atom. The Balaban J connectivity index is 2.08. The molecule has 0 aliphatic carbocycles. The minimum Gasteiger partial charge on any atom is -0.396 e. The van der Waals surface area contributed by atoms with E-state index in [0.29, 0.717) is 0 Å². The van der Waals surface area contributed by atoms with E-state index in [1.54, 1.807) is 0 Å². The fraction of sp³-hybridized carbons (Fsp3) is 0.400. The van der Waals surface area contributed by atoms with Crippen molar-refractivity contribution in [2.45, 2.75) is 38.4 Å². The Kier molecular flexibility index (Phi) is 7.81. The van der Waals surface area contributed by atoms with Crippen LogP contribution < -0.4 is 0 Å². The minimum atomic E-state index is 0.113. The van der Waals surface area contributed by atoms with Crippen molar-refractivity contribution in [2.75, 3.05) is 13.2 Å². The Hall–Kier alpha value is -1.68. The predicted molar refractivity (Wildman–Crippen MR) is 93.9 cm³/mol. The van der Waals surface area contributed by atoms with Crippen molar-refractivity contribution in [1.82, 2.24) is 4.90 Å². The zero-order valence-corrected chi connectivity index (χ0v) is 13.6. The summed E-state index contributed by atoms with van der Waals surface area (Å²) in [6, 6.07) is 20.9. The fourth-order valence-corrected chi connectivity index (χ4v) is 2.83. The van der Waals surface area contributed by atoms with Crippen molar-refractivity contribution >= 4 is 0 Å². The number of hydrogen-bond donors (Lipinski definition) is 2. The van der Waals surface area contributed by atoms with Gasteiger partial charge in [0.1, 0.15) is 0 Å². The first-order valence-corrected chi connectivity index (χ1v) is 8.37. The van der Waals surface area contributed by atoms with Crippen molar-refractivity contribution in [3.05, 3.63) is 71.8 Å². The molecule has 1 atom stereocenters. The number of benzene rings is 2. The SMILES string of the molecule is OCCCC[C@@H](CO)N(Cc1ccccc1)Cc1ccccc1. The molecule has 2 aromatic rings. The summed E-state index contributed by atoms with van der Waals surface area (Å²) in [5, 5.41) is 18.8. The van der Waals surface area contributed by atoms with E-state index in [2.05, 4.69) is 53.4 Å². The molecule has 124 valence electrons. The molecule has 3 heteroatoms. The van der Waals surface area contributed by atoms with Crippen LogP contribution in [0.15, 0.2) is 60.7 Å². The second-order valence-electron chi connectivity index (χ2n) is 5.93. The molecule has 0 fully saturated rings. The average Bonchev–Trinajstić information content (AvgIpc) is 2.60. The highest BCUT2D eigenvalue weighted by Crippen LogP contribution is 2.17. The third-order valence-electron chi connectivity index (χ3n) is 4.13. The molecule has 0 aliphatic rings. The van der Waals surface area contributed by atoms with Gasteiger partial charge >= 0.3 is 0 Å². The van der Waals surface area contributed by atoms with Gasteiger partial charge in [0, 0.05) is 25.7 Å². The van der Waals surface area contributed by atoms with Gasteiger partial charge in [-0.2, -0.15) is 0 Å². The van der Waals surface area contributed by atoms with Gasteiger partial charge in [0.25, 0.3) is 0 Å². The summed E-state index contributed by atoms with van der Waals surface area (Å²) in [6.45, 7) is 2.00. The molecular formula is C20H27NO2. The maximum atomic E-state index is 9.85. The molecule has 2 rings (SSSR count). The molecule has 2 N–H and O–H groups in total. The van der Waals surface area contributed by atoms with Crippen LogP contribution in [0, 0.1) is 0 Å². The van der Waals surface area contributed by atoms with E-state index >= 15 is 0 Å². The standard InChI is InChI=1S/C20H27NO2/c22-14-8-7-13-20(17-23)21(15-18-9-3-1-4-10-18)16-19-11-5-2-6-12-19/h1-6,9-12,20,22-23H,7-8,13-17H2/t20-/m0/s1. The average molecular weight is 313 g/mol. The molecule has 0 saturated carbocycles. The van der Waals surface area contributed by atoms with Gasteiger partial charge in [0.05, 0.1) is 6.61 Å². The van der Waals surface area contributed by atoms with Gasteiger partial charge in [-0.1, -0.05) is 60.7 Å². The van der Waals surface area contributed by atoms with E-state index < -0.39 is 0 Å². The van der Waals surface area contributed by atoms with Crippen LogP contribution in [0.1, 0.15) is 30.4 Å². The first kappa shape index (κ1) is 17.7. The molecule has 3 nitrogen and oxygen atoms in total. The number of rotatable bonds is 10. The van der Waals surface area contributed by atoms with E-state index in [1.165, 1.54) is 11.1 Å². The molecule has 0 spiro atoms. The van der Waals surface area contributed by atoms with Crippen molar-refractivity contribution < 1.29 is 10.2 Å². The molecule has 2 aromatic carbocycles. The van der Waals surface area contributed by atoms with Crippen LogP contribution in [-0.2, 0) is 13.1 Å². The second-order valence-corrected chi connectivity index (χ2v) is 5.93. The summed E-state index contributed by atoms with van der Waals surface area (Å²) in [6.07, 6.45) is 2.62. The Morgan fingerprint density at radius 2 is 1.26 bits per heavy atom. The van der Waals surface area contributed by atoms with Crippen LogP contribution in [0.4, 0.5) is 0 Å². The van der Waals surface area contributed by atoms with Crippen LogP contribution in [0.2, 0.25) is 0 Å². The van der Waals surface area contributed by atoms with Crippen molar-refractivity contribution in [3.63, 3.8) is 0 Å². The van der Waals surface area contributed by atoms with Crippen LogP contribution in [0.3, 0.4) is 0 Å². The van der Waals surface area contributed by atoms with Gasteiger partial charge in [-0.3, -0.25) is 4.90 Å². The maximum Gasteiger partial charge on any atom is 0.0587 e. The third kappa shape index (κ3) is 6.14. The monoisotopic (exact) mass is 313 g/mol. The van der Waals surface area contributed by atoms with Gasteiger partial charge in [0.2, 0.25) is 0 Å². The molecule has 0 amide bonds. The number of aliphatic hydroxyl groups excluding tert-OH is 2. The minimum absolute atomic E-state index is 0.113. The Labute approximate surface area is 139 Å².